The van der Waals surface area contributed by atoms with E-state index in [0.29, 0.717) is 36.0 Å². The zero-order valence-corrected chi connectivity index (χ0v) is 17.5. The maximum atomic E-state index is 12.4. The highest BCUT2D eigenvalue weighted by Crippen LogP contribution is 2.40. The number of nitrogens with one attached hydrogen (secondary N) is 1. The molecule has 1 aliphatic heterocycles. The Hall–Kier alpha value is -3.48. The maximum absolute atomic E-state index is 12.4. The lowest BCUT2D eigenvalue weighted by Crippen LogP contribution is -2.30. The molecule has 0 saturated carbocycles. The van der Waals surface area contributed by atoms with Crippen molar-refractivity contribution in [2.45, 2.75) is 26.9 Å². The largest absolute Gasteiger partial charge is 0.493 e. The van der Waals surface area contributed by atoms with E-state index in [4.69, 9.17) is 18.9 Å². The van der Waals surface area contributed by atoms with Gasteiger partial charge in [-0.25, -0.2) is 4.79 Å². The van der Waals surface area contributed by atoms with E-state index in [-0.39, 0.29) is 0 Å². The van der Waals surface area contributed by atoms with Crippen LogP contribution in [0.25, 0.3) is 6.08 Å². The molecular weight excluding hydrogens is 386 g/mol. The third-order valence-corrected chi connectivity index (χ3v) is 4.65. The van der Waals surface area contributed by atoms with E-state index < -0.39 is 18.0 Å². The van der Waals surface area contributed by atoms with Crippen molar-refractivity contribution in [3.63, 3.8) is 0 Å². The van der Waals surface area contributed by atoms with E-state index in [1.165, 1.54) is 20.1 Å². The molecule has 1 atom stereocenters. The van der Waals surface area contributed by atoms with E-state index >= 15 is 0 Å². The van der Waals surface area contributed by atoms with Crippen LogP contribution in [0.15, 0.2) is 36.4 Å². The molecule has 0 saturated heterocycles. The fraction of sp³-hybridized carbons (Fsp3) is 0.304. The third kappa shape index (κ3) is 4.92. The minimum absolute atomic E-state index is 0.393. The number of rotatable bonds is 6. The summed E-state index contributed by atoms with van der Waals surface area (Å²) in [4.78, 5) is 24.6. The quantitative estimate of drug-likeness (QED) is 0.577. The lowest BCUT2D eigenvalue weighted by atomic mass is 10.1. The maximum Gasteiger partial charge on any atom is 0.331 e. The van der Waals surface area contributed by atoms with Crippen LogP contribution in [0.1, 0.15) is 23.6 Å². The molecule has 7 heteroatoms. The Balaban J connectivity index is 1.63. The highest BCUT2D eigenvalue weighted by Gasteiger charge is 2.19. The van der Waals surface area contributed by atoms with Crippen LogP contribution < -0.4 is 19.5 Å². The summed E-state index contributed by atoms with van der Waals surface area (Å²) in [5.41, 5.74) is 3.29. The number of carbonyl (C=O) groups is 2. The summed E-state index contributed by atoms with van der Waals surface area (Å²) >= 11 is 0. The summed E-state index contributed by atoms with van der Waals surface area (Å²) in [5.74, 6) is 0.583. The van der Waals surface area contributed by atoms with Gasteiger partial charge in [0.1, 0.15) is 13.2 Å². The molecule has 7 nitrogen and oxygen atoms in total. The number of hydrogen-bond acceptors (Lipinski definition) is 6. The predicted molar refractivity (Wildman–Crippen MR) is 113 cm³/mol. The van der Waals surface area contributed by atoms with Crippen molar-refractivity contribution in [2.24, 2.45) is 0 Å². The van der Waals surface area contributed by atoms with Crippen LogP contribution in [0, 0.1) is 13.8 Å². The van der Waals surface area contributed by atoms with Gasteiger partial charge in [-0.15, -0.1) is 0 Å². The van der Waals surface area contributed by atoms with Gasteiger partial charge in [0.25, 0.3) is 5.91 Å². The number of methoxy groups -OCH3 is 1. The molecule has 0 fully saturated rings. The fourth-order valence-corrected chi connectivity index (χ4v) is 3.06. The highest BCUT2D eigenvalue weighted by atomic mass is 16.6. The molecule has 2 aromatic rings. The summed E-state index contributed by atoms with van der Waals surface area (Å²) in [5, 5.41) is 2.82. The number of ether oxygens (including phenoxy) is 4. The Bertz CT molecular complexity index is 944. The standard InChI is InChI=1S/C23H25NO6/c1-14-6-5-7-15(2)21(14)24-23(26)16(3)30-20(25)9-8-17-12-18(27-4)22-19(13-17)28-10-11-29-22/h5-9,12-13,16H,10-11H2,1-4H3,(H,24,26)/b9-8+/t16-/m1/s1. The Kier molecular flexibility index (Phi) is 6.61. The molecule has 1 N–H and O–H groups in total. The molecule has 1 amide bonds. The van der Waals surface area contributed by atoms with Gasteiger partial charge in [0, 0.05) is 11.8 Å². The van der Waals surface area contributed by atoms with Crippen molar-refractivity contribution < 1.29 is 28.5 Å². The first-order chi connectivity index (χ1) is 14.4. The van der Waals surface area contributed by atoms with Crippen molar-refractivity contribution in [1.82, 2.24) is 0 Å². The van der Waals surface area contributed by atoms with Gasteiger partial charge in [0.05, 0.1) is 7.11 Å². The van der Waals surface area contributed by atoms with Gasteiger partial charge in [0.2, 0.25) is 5.75 Å². The molecule has 0 aromatic heterocycles. The highest BCUT2D eigenvalue weighted by molar-refractivity contribution is 5.97. The van der Waals surface area contributed by atoms with Crippen molar-refractivity contribution >= 4 is 23.6 Å². The average molecular weight is 411 g/mol. The molecule has 3 rings (SSSR count). The minimum atomic E-state index is -0.948. The van der Waals surface area contributed by atoms with Gasteiger partial charge in [-0.2, -0.15) is 0 Å². The van der Waals surface area contributed by atoms with Crippen LogP contribution in [0.3, 0.4) is 0 Å². The number of hydrogen-bond donors (Lipinski definition) is 1. The van der Waals surface area contributed by atoms with Crippen LogP contribution in [0.4, 0.5) is 5.69 Å². The summed E-state index contributed by atoms with van der Waals surface area (Å²) in [6.45, 7) is 6.24. The number of amides is 1. The predicted octanol–water partition coefficient (Wildman–Crippen LogP) is 3.67. The number of aryl methyl sites for hydroxylation is 2. The average Bonchev–Trinajstić information content (AvgIpc) is 2.74. The number of carbonyl (C=O) groups excluding carboxylic acids is 2. The van der Waals surface area contributed by atoms with Crippen molar-refractivity contribution in [1.29, 1.82) is 0 Å². The second kappa shape index (κ2) is 9.35. The fourth-order valence-electron chi connectivity index (χ4n) is 3.06. The molecule has 0 radical (unpaired) electrons. The second-order valence-electron chi connectivity index (χ2n) is 6.92. The van der Waals surface area contributed by atoms with E-state index in [2.05, 4.69) is 5.32 Å². The van der Waals surface area contributed by atoms with Gasteiger partial charge >= 0.3 is 5.97 Å². The summed E-state index contributed by atoms with van der Waals surface area (Å²) in [7, 11) is 1.53. The summed E-state index contributed by atoms with van der Waals surface area (Å²) < 4.78 is 21.7. The Morgan fingerprint density at radius 2 is 1.83 bits per heavy atom. The van der Waals surface area contributed by atoms with Crippen LogP contribution in [-0.2, 0) is 14.3 Å². The zero-order valence-electron chi connectivity index (χ0n) is 17.5. The monoisotopic (exact) mass is 411 g/mol. The molecule has 30 heavy (non-hydrogen) atoms. The van der Waals surface area contributed by atoms with Crippen LogP contribution >= 0.6 is 0 Å². The van der Waals surface area contributed by atoms with Crippen LogP contribution in [-0.4, -0.2) is 38.3 Å². The normalized spacial score (nSPS) is 13.6. The lowest BCUT2D eigenvalue weighted by Gasteiger charge is -2.20. The molecule has 0 unspecified atom stereocenters. The number of para-hydroxylation sites is 1. The number of benzene rings is 2. The van der Waals surface area contributed by atoms with Gasteiger partial charge < -0.3 is 24.3 Å². The van der Waals surface area contributed by atoms with Crippen molar-refractivity contribution in [2.75, 3.05) is 25.6 Å². The van der Waals surface area contributed by atoms with Gasteiger partial charge in [-0.1, -0.05) is 18.2 Å². The van der Waals surface area contributed by atoms with E-state index in [9.17, 15) is 9.59 Å². The molecule has 0 bridgehead atoms. The van der Waals surface area contributed by atoms with E-state index in [1.807, 2.05) is 32.0 Å². The Labute approximate surface area is 175 Å². The first kappa shape index (κ1) is 21.2. The number of esters is 1. The molecule has 158 valence electrons. The molecule has 1 aliphatic rings. The number of anilines is 1. The molecule has 2 aromatic carbocycles. The molecule has 1 heterocycles. The van der Waals surface area contributed by atoms with Crippen molar-refractivity contribution in [3.05, 3.63) is 53.1 Å². The lowest BCUT2D eigenvalue weighted by molar-refractivity contribution is -0.148. The zero-order chi connectivity index (χ0) is 21.7. The second-order valence-corrected chi connectivity index (χ2v) is 6.92. The Morgan fingerprint density at radius 3 is 2.53 bits per heavy atom. The van der Waals surface area contributed by atoms with Crippen LogP contribution in [0.5, 0.6) is 17.2 Å². The Morgan fingerprint density at radius 1 is 1.13 bits per heavy atom. The smallest absolute Gasteiger partial charge is 0.331 e. The van der Waals surface area contributed by atoms with Gasteiger partial charge in [-0.05, 0) is 55.7 Å². The topological polar surface area (TPSA) is 83.1 Å². The summed E-state index contributed by atoms with van der Waals surface area (Å²) in [6, 6.07) is 9.21. The van der Waals surface area contributed by atoms with E-state index in [0.717, 1.165) is 16.8 Å². The molecular formula is C23H25NO6. The van der Waals surface area contributed by atoms with E-state index in [1.54, 1.807) is 18.2 Å². The third-order valence-electron chi connectivity index (χ3n) is 4.65. The van der Waals surface area contributed by atoms with Gasteiger partial charge in [-0.3, -0.25) is 4.79 Å². The SMILES string of the molecule is COc1cc(/C=C/C(=O)O[C@H](C)C(=O)Nc2c(C)cccc2C)cc2c1OCCO2. The minimum Gasteiger partial charge on any atom is -0.493 e. The molecule has 0 aliphatic carbocycles. The first-order valence-corrected chi connectivity index (χ1v) is 9.62. The summed E-state index contributed by atoms with van der Waals surface area (Å²) in [6.07, 6.45) is 1.88. The molecule has 0 spiro atoms. The van der Waals surface area contributed by atoms with Crippen LogP contribution in [0.2, 0.25) is 0 Å². The first-order valence-electron chi connectivity index (χ1n) is 9.62. The number of fused-ring (bicyclic) bond motifs is 1. The van der Waals surface area contributed by atoms with Gasteiger partial charge in [0.15, 0.2) is 17.6 Å². The van der Waals surface area contributed by atoms with Crippen molar-refractivity contribution in [3.8, 4) is 17.2 Å².